The first-order valence-corrected chi connectivity index (χ1v) is 5.60. The van der Waals surface area contributed by atoms with Gasteiger partial charge in [0.2, 0.25) is 5.91 Å². The molecule has 0 aliphatic heterocycles. The fourth-order valence-electron chi connectivity index (χ4n) is 1.09. The molecule has 0 bridgehead atoms. The van der Waals surface area contributed by atoms with Crippen molar-refractivity contribution in [1.82, 2.24) is 10.3 Å². The number of carbonyl (C=O) groups excluding carboxylic acids is 1. The van der Waals surface area contributed by atoms with E-state index in [1.54, 1.807) is 6.92 Å². The quantitative estimate of drug-likeness (QED) is 0.692. The fourth-order valence-corrected chi connectivity index (χ4v) is 1.89. The van der Waals surface area contributed by atoms with Crippen molar-refractivity contribution in [3.8, 4) is 0 Å². The number of nitrogens with zero attached hydrogens (tertiary/aromatic N) is 1. The van der Waals surface area contributed by atoms with E-state index in [4.69, 9.17) is 10.8 Å². The maximum atomic E-state index is 11.2. The van der Waals surface area contributed by atoms with Crippen molar-refractivity contribution in [2.45, 2.75) is 19.4 Å². The van der Waals surface area contributed by atoms with Gasteiger partial charge in [-0.05, 0) is 6.92 Å². The van der Waals surface area contributed by atoms with Crippen LogP contribution in [0.5, 0.6) is 0 Å². The molecule has 0 radical (unpaired) electrons. The average molecular weight is 243 g/mol. The third kappa shape index (κ3) is 3.28. The van der Waals surface area contributed by atoms with Crippen LogP contribution < -0.4 is 11.1 Å². The van der Waals surface area contributed by atoms with Gasteiger partial charge in [0.25, 0.3) is 0 Å². The van der Waals surface area contributed by atoms with Gasteiger partial charge in [-0.1, -0.05) is 0 Å². The highest BCUT2D eigenvalue weighted by Gasteiger charge is 2.15. The number of hydrogen-bond donors (Lipinski definition) is 3. The van der Waals surface area contributed by atoms with Gasteiger partial charge in [0.15, 0.2) is 5.69 Å². The van der Waals surface area contributed by atoms with Crippen LogP contribution in [0.25, 0.3) is 0 Å². The SMILES string of the molecule is CC(NC(=O)CCN)c1nc(C(=O)O)cs1. The number of nitrogens with two attached hydrogens (primary N) is 1. The average Bonchev–Trinajstić information content (AvgIpc) is 2.66. The molecule has 4 N–H and O–H groups in total. The monoisotopic (exact) mass is 243 g/mol. The second-order valence-corrected chi connectivity index (χ2v) is 4.09. The van der Waals surface area contributed by atoms with Gasteiger partial charge in [0.1, 0.15) is 5.01 Å². The molecule has 0 spiro atoms. The van der Waals surface area contributed by atoms with Crippen LogP contribution in [0, 0.1) is 0 Å². The molecule has 0 aromatic carbocycles. The Morgan fingerprint density at radius 2 is 2.38 bits per heavy atom. The fraction of sp³-hybridized carbons (Fsp3) is 0.444. The van der Waals surface area contributed by atoms with E-state index in [2.05, 4.69) is 10.3 Å². The molecule has 1 rings (SSSR count). The summed E-state index contributed by atoms with van der Waals surface area (Å²) in [4.78, 5) is 25.7. The van der Waals surface area contributed by atoms with Crippen LogP contribution >= 0.6 is 11.3 Å². The van der Waals surface area contributed by atoms with E-state index >= 15 is 0 Å². The lowest BCUT2D eigenvalue weighted by Crippen LogP contribution is -2.28. The van der Waals surface area contributed by atoms with Gasteiger partial charge in [-0.3, -0.25) is 4.79 Å². The van der Waals surface area contributed by atoms with E-state index < -0.39 is 5.97 Å². The van der Waals surface area contributed by atoms with E-state index in [9.17, 15) is 9.59 Å². The number of rotatable bonds is 5. The molecular formula is C9H13N3O3S. The van der Waals surface area contributed by atoms with Crippen molar-refractivity contribution in [3.63, 3.8) is 0 Å². The summed E-state index contributed by atoms with van der Waals surface area (Å²) in [5.41, 5.74) is 5.24. The molecule has 0 fully saturated rings. The first kappa shape index (κ1) is 12.6. The highest BCUT2D eigenvalue weighted by atomic mass is 32.1. The zero-order valence-corrected chi connectivity index (χ0v) is 9.58. The van der Waals surface area contributed by atoms with Gasteiger partial charge in [-0.2, -0.15) is 0 Å². The second-order valence-electron chi connectivity index (χ2n) is 3.20. The second kappa shape index (κ2) is 5.57. The zero-order chi connectivity index (χ0) is 12.1. The minimum absolute atomic E-state index is 0.0000705. The van der Waals surface area contributed by atoms with Crippen molar-refractivity contribution >= 4 is 23.2 Å². The molecule has 0 aliphatic carbocycles. The Hall–Kier alpha value is -1.47. The zero-order valence-electron chi connectivity index (χ0n) is 8.77. The van der Waals surface area contributed by atoms with Gasteiger partial charge in [-0.25, -0.2) is 9.78 Å². The molecule has 1 amide bonds. The number of amides is 1. The Labute approximate surface area is 96.5 Å². The first-order valence-electron chi connectivity index (χ1n) is 4.72. The molecule has 88 valence electrons. The smallest absolute Gasteiger partial charge is 0.355 e. The number of carbonyl (C=O) groups is 2. The van der Waals surface area contributed by atoms with Crippen molar-refractivity contribution in [3.05, 3.63) is 16.1 Å². The summed E-state index contributed by atoms with van der Waals surface area (Å²) in [6.07, 6.45) is 0.251. The van der Waals surface area contributed by atoms with Crippen molar-refractivity contribution in [2.75, 3.05) is 6.54 Å². The summed E-state index contributed by atoms with van der Waals surface area (Å²) >= 11 is 1.21. The molecule has 0 saturated heterocycles. The van der Waals surface area contributed by atoms with Crippen LogP contribution in [0.15, 0.2) is 5.38 Å². The number of aromatic carboxylic acids is 1. The standard InChI is InChI=1S/C9H13N3O3S/c1-5(11-7(13)2-3-10)8-12-6(4-16-8)9(14)15/h4-5H,2-3,10H2,1H3,(H,11,13)(H,14,15). The molecule has 1 heterocycles. The van der Waals surface area contributed by atoms with Crippen LogP contribution in [0.4, 0.5) is 0 Å². The lowest BCUT2D eigenvalue weighted by Gasteiger charge is -2.10. The van der Waals surface area contributed by atoms with Crippen LogP contribution in [0.3, 0.4) is 0 Å². The number of thiazole rings is 1. The third-order valence-electron chi connectivity index (χ3n) is 1.86. The molecule has 1 aromatic rings. The Morgan fingerprint density at radius 3 is 2.88 bits per heavy atom. The maximum Gasteiger partial charge on any atom is 0.355 e. The molecule has 1 atom stereocenters. The van der Waals surface area contributed by atoms with Gasteiger partial charge in [0.05, 0.1) is 6.04 Å². The summed E-state index contributed by atoms with van der Waals surface area (Å²) in [6, 6.07) is -0.294. The van der Waals surface area contributed by atoms with Crippen molar-refractivity contribution < 1.29 is 14.7 Å². The van der Waals surface area contributed by atoms with E-state index in [0.29, 0.717) is 5.01 Å². The number of nitrogens with one attached hydrogen (secondary N) is 1. The van der Waals surface area contributed by atoms with Crippen LogP contribution in [0.2, 0.25) is 0 Å². The molecular weight excluding hydrogens is 230 g/mol. The number of carboxylic acids is 1. The number of hydrogen-bond acceptors (Lipinski definition) is 5. The van der Waals surface area contributed by atoms with Crippen LogP contribution in [0.1, 0.15) is 34.9 Å². The normalized spacial score (nSPS) is 12.1. The van der Waals surface area contributed by atoms with Crippen molar-refractivity contribution in [1.29, 1.82) is 0 Å². The van der Waals surface area contributed by atoms with E-state index in [-0.39, 0.29) is 30.6 Å². The summed E-state index contributed by atoms with van der Waals surface area (Å²) < 4.78 is 0. The largest absolute Gasteiger partial charge is 0.476 e. The maximum absolute atomic E-state index is 11.2. The molecule has 0 saturated carbocycles. The molecule has 1 unspecified atom stereocenters. The van der Waals surface area contributed by atoms with Crippen molar-refractivity contribution in [2.24, 2.45) is 5.73 Å². The third-order valence-corrected chi connectivity index (χ3v) is 2.89. The Bertz CT molecular complexity index is 391. The highest BCUT2D eigenvalue weighted by Crippen LogP contribution is 2.17. The summed E-state index contributed by atoms with van der Waals surface area (Å²) in [6.45, 7) is 2.04. The lowest BCUT2D eigenvalue weighted by atomic mass is 10.3. The highest BCUT2D eigenvalue weighted by molar-refractivity contribution is 7.09. The topological polar surface area (TPSA) is 105 Å². The molecule has 1 aromatic heterocycles. The van der Waals surface area contributed by atoms with Gasteiger partial charge < -0.3 is 16.2 Å². The van der Waals surface area contributed by atoms with E-state index in [0.717, 1.165) is 0 Å². The molecule has 7 heteroatoms. The molecule has 6 nitrogen and oxygen atoms in total. The molecule has 16 heavy (non-hydrogen) atoms. The van der Waals surface area contributed by atoms with E-state index in [1.807, 2.05) is 0 Å². The van der Waals surface area contributed by atoms with Gasteiger partial charge in [-0.15, -0.1) is 11.3 Å². The Morgan fingerprint density at radius 1 is 1.69 bits per heavy atom. The summed E-state index contributed by atoms with van der Waals surface area (Å²) in [5, 5.41) is 13.4. The number of aromatic nitrogens is 1. The minimum Gasteiger partial charge on any atom is -0.476 e. The predicted octanol–water partition coefficient (Wildman–Crippen LogP) is 0.367. The predicted molar refractivity (Wildman–Crippen MR) is 59.3 cm³/mol. The molecule has 0 aliphatic rings. The van der Waals surface area contributed by atoms with Gasteiger partial charge in [0, 0.05) is 18.3 Å². The van der Waals surface area contributed by atoms with E-state index in [1.165, 1.54) is 16.7 Å². The summed E-state index contributed by atoms with van der Waals surface area (Å²) in [5.74, 6) is -1.23. The Kier molecular flexibility index (Phi) is 4.39. The minimum atomic E-state index is -1.07. The van der Waals surface area contributed by atoms with Gasteiger partial charge >= 0.3 is 5.97 Å². The first-order chi connectivity index (χ1) is 7.54. The van der Waals surface area contributed by atoms with Crippen LogP contribution in [-0.4, -0.2) is 28.5 Å². The lowest BCUT2D eigenvalue weighted by molar-refractivity contribution is -0.121. The number of carboxylic acid groups (broad SMARTS) is 1. The van der Waals surface area contributed by atoms with Crippen LogP contribution in [-0.2, 0) is 4.79 Å². The Balaban J connectivity index is 2.62. The summed E-state index contributed by atoms with van der Waals surface area (Å²) in [7, 11) is 0.